The summed E-state index contributed by atoms with van der Waals surface area (Å²) in [5.41, 5.74) is 1.04. The summed E-state index contributed by atoms with van der Waals surface area (Å²) >= 11 is 11.7. The molecular weight excluding hydrogens is 435 g/mol. The monoisotopic (exact) mass is 450 g/mol. The highest BCUT2D eigenvalue weighted by Crippen LogP contribution is 2.32. The molecule has 1 aliphatic rings. The van der Waals surface area contributed by atoms with Crippen LogP contribution in [0.5, 0.6) is 11.5 Å². The summed E-state index contributed by atoms with van der Waals surface area (Å²) in [5, 5.41) is 5.27. The van der Waals surface area contributed by atoms with Crippen molar-refractivity contribution < 1.29 is 28.6 Å². The molecule has 3 amide bonds. The number of halogens is 2. The predicted molar refractivity (Wildman–Crippen MR) is 111 cm³/mol. The minimum Gasteiger partial charge on any atom is -0.486 e. The topological polar surface area (TPSA) is 103 Å². The number of benzene rings is 2. The molecule has 1 aliphatic heterocycles. The van der Waals surface area contributed by atoms with Crippen LogP contribution in [0.2, 0.25) is 10.0 Å². The van der Waals surface area contributed by atoms with Crippen molar-refractivity contribution in [3.05, 3.63) is 58.1 Å². The molecule has 0 unspecified atom stereocenters. The molecule has 3 rings (SSSR count). The fourth-order valence-electron chi connectivity index (χ4n) is 2.41. The summed E-state index contributed by atoms with van der Waals surface area (Å²) < 4.78 is 15.6. The first kappa shape index (κ1) is 21.5. The van der Waals surface area contributed by atoms with E-state index in [9.17, 15) is 14.4 Å². The van der Waals surface area contributed by atoms with Gasteiger partial charge in [-0.25, -0.2) is 9.59 Å². The number of amides is 3. The number of esters is 1. The Morgan fingerprint density at radius 3 is 2.53 bits per heavy atom. The Kier molecular flexibility index (Phi) is 7.16. The lowest BCUT2D eigenvalue weighted by Crippen LogP contribution is -2.37. The van der Waals surface area contributed by atoms with Gasteiger partial charge in [0.2, 0.25) is 0 Å². The highest BCUT2D eigenvalue weighted by molar-refractivity contribution is 6.42. The van der Waals surface area contributed by atoms with Crippen LogP contribution in [0.4, 0.5) is 10.5 Å². The van der Waals surface area contributed by atoms with E-state index in [1.807, 2.05) is 0 Å². The van der Waals surface area contributed by atoms with Gasteiger partial charge in [0, 0.05) is 17.8 Å². The van der Waals surface area contributed by atoms with Gasteiger partial charge in [-0.2, -0.15) is 0 Å². The van der Waals surface area contributed by atoms with Gasteiger partial charge in [0.25, 0.3) is 5.91 Å². The van der Waals surface area contributed by atoms with E-state index >= 15 is 0 Å². The van der Waals surface area contributed by atoms with Crippen molar-refractivity contribution in [2.24, 2.45) is 0 Å². The average molecular weight is 451 g/mol. The molecule has 0 aliphatic carbocycles. The SMILES string of the molecule is O=C(COC(=O)/C=C/c1ccc(Cl)c(Cl)c1)NC(=O)Nc1ccc2c(c1)OCCO2. The lowest BCUT2D eigenvalue weighted by Gasteiger charge is -2.19. The maximum absolute atomic E-state index is 11.9. The van der Waals surface area contributed by atoms with E-state index in [0.717, 1.165) is 6.08 Å². The average Bonchev–Trinajstić information content (AvgIpc) is 2.73. The Bertz CT molecular complexity index is 1010. The van der Waals surface area contributed by atoms with Crippen molar-refractivity contribution in [2.45, 2.75) is 0 Å². The number of anilines is 1. The molecule has 0 saturated carbocycles. The summed E-state index contributed by atoms with van der Waals surface area (Å²) in [6, 6.07) is 8.86. The summed E-state index contributed by atoms with van der Waals surface area (Å²) in [5.74, 6) is -0.484. The third kappa shape index (κ3) is 6.13. The molecule has 0 bridgehead atoms. The van der Waals surface area contributed by atoms with E-state index < -0.39 is 24.5 Å². The first-order chi connectivity index (χ1) is 14.4. The smallest absolute Gasteiger partial charge is 0.331 e. The number of carbonyl (C=O) groups is 3. The van der Waals surface area contributed by atoms with Crippen molar-refractivity contribution in [2.75, 3.05) is 25.1 Å². The molecule has 30 heavy (non-hydrogen) atoms. The van der Waals surface area contributed by atoms with Gasteiger partial charge in [0.05, 0.1) is 10.0 Å². The summed E-state index contributed by atoms with van der Waals surface area (Å²) in [4.78, 5) is 35.4. The van der Waals surface area contributed by atoms with Gasteiger partial charge in [0.1, 0.15) is 13.2 Å². The molecule has 1 heterocycles. The highest BCUT2D eigenvalue weighted by atomic mass is 35.5. The molecule has 0 saturated heterocycles. The maximum atomic E-state index is 11.9. The number of fused-ring (bicyclic) bond motifs is 1. The summed E-state index contributed by atoms with van der Waals surface area (Å²) in [7, 11) is 0. The lowest BCUT2D eigenvalue weighted by molar-refractivity contribution is -0.143. The molecule has 156 valence electrons. The van der Waals surface area contributed by atoms with Crippen LogP contribution in [0.15, 0.2) is 42.5 Å². The fourth-order valence-corrected chi connectivity index (χ4v) is 2.72. The quantitative estimate of drug-likeness (QED) is 0.531. The van der Waals surface area contributed by atoms with Crippen LogP contribution in [0.25, 0.3) is 6.08 Å². The van der Waals surface area contributed by atoms with Crippen LogP contribution in [0, 0.1) is 0 Å². The van der Waals surface area contributed by atoms with Crippen LogP contribution in [0.1, 0.15) is 5.56 Å². The number of carbonyl (C=O) groups excluding carboxylic acids is 3. The number of urea groups is 1. The van der Waals surface area contributed by atoms with Crippen LogP contribution >= 0.6 is 23.2 Å². The van der Waals surface area contributed by atoms with Gasteiger partial charge >= 0.3 is 12.0 Å². The number of hydrogen-bond acceptors (Lipinski definition) is 6. The zero-order valence-corrected chi connectivity index (χ0v) is 17.0. The Balaban J connectivity index is 1.43. The van der Waals surface area contributed by atoms with E-state index in [4.69, 9.17) is 37.4 Å². The molecule has 10 heteroatoms. The standard InChI is InChI=1S/C20H16Cl2N2O6/c21-14-4-1-12(9-15(14)22)2-6-19(26)30-11-18(25)24-20(27)23-13-3-5-16-17(10-13)29-8-7-28-16/h1-6,9-10H,7-8,11H2,(H2,23,24,25,27)/b6-2+. The summed E-state index contributed by atoms with van der Waals surface area (Å²) in [6.07, 6.45) is 2.58. The van der Waals surface area contributed by atoms with Crippen molar-refractivity contribution >= 4 is 52.9 Å². The van der Waals surface area contributed by atoms with Crippen molar-refractivity contribution in [3.63, 3.8) is 0 Å². The molecule has 2 aromatic rings. The van der Waals surface area contributed by atoms with Gasteiger partial charge in [-0.1, -0.05) is 29.3 Å². The number of imide groups is 1. The zero-order chi connectivity index (χ0) is 21.5. The number of rotatable bonds is 5. The Hall–Kier alpha value is -3.23. The largest absolute Gasteiger partial charge is 0.486 e. The third-order valence-corrected chi connectivity index (χ3v) is 4.49. The van der Waals surface area contributed by atoms with E-state index in [2.05, 4.69) is 10.6 Å². The Morgan fingerprint density at radius 2 is 1.77 bits per heavy atom. The number of ether oxygens (including phenoxy) is 3. The molecule has 0 spiro atoms. The molecule has 0 radical (unpaired) electrons. The van der Waals surface area contributed by atoms with Crippen LogP contribution in [-0.2, 0) is 14.3 Å². The second kappa shape index (κ2) is 10.00. The van der Waals surface area contributed by atoms with Gasteiger partial charge < -0.3 is 19.5 Å². The minimum atomic E-state index is -0.790. The minimum absolute atomic E-state index is 0.343. The predicted octanol–water partition coefficient (Wildman–Crippen LogP) is 3.67. The van der Waals surface area contributed by atoms with Crippen LogP contribution in [-0.4, -0.2) is 37.7 Å². The fraction of sp³-hybridized carbons (Fsp3) is 0.150. The lowest BCUT2D eigenvalue weighted by atomic mass is 10.2. The summed E-state index contributed by atoms with van der Waals surface area (Å²) in [6.45, 7) is 0.237. The Morgan fingerprint density at radius 1 is 1.00 bits per heavy atom. The second-order valence-electron chi connectivity index (χ2n) is 5.98. The van der Waals surface area contributed by atoms with E-state index in [1.165, 1.54) is 6.08 Å². The molecule has 0 aromatic heterocycles. The molecule has 2 N–H and O–H groups in total. The van der Waals surface area contributed by atoms with Crippen molar-refractivity contribution in [1.82, 2.24) is 5.32 Å². The second-order valence-corrected chi connectivity index (χ2v) is 6.79. The van der Waals surface area contributed by atoms with E-state index in [1.54, 1.807) is 36.4 Å². The maximum Gasteiger partial charge on any atom is 0.331 e. The van der Waals surface area contributed by atoms with Gasteiger partial charge in [-0.05, 0) is 35.9 Å². The van der Waals surface area contributed by atoms with Gasteiger partial charge in [-0.15, -0.1) is 0 Å². The Labute approximate surface area is 181 Å². The van der Waals surface area contributed by atoms with Crippen LogP contribution < -0.4 is 20.1 Å². The van der Waals surface area contributed by atoms with Crippen molar-refractivity contribution in [1.29, 1.82) is 0 Å². The van der Waals surface area contributed by atoms with Gasteiger partial charge in [0.15, 0.2) is 18.1 Å². The molecule has 2 aromatic carbocycles. The zero-order valence-electron chi connectivity index (χ0n) is 15.4. The first-order valence-corrected chi connectivity index (χ1v) is 9.46. The van der Waals surface area contributed by atoms with Crippen molar-refractivity contribution in [3.8, 4) is 11.5 Å². The first-order valence-electron chi connectivity index (χ1n) is 8.71. The molecule has 8 nitrogen and oxygen atoms in total. The number of nitrogens with one attached hydrogen (secondary N) is 2. The third-order valence-electron chi connectivity index (χ3n) is 3.75. The van der Waals surface area contributed by atoms with Crippen LogP contribution in [0.3, 0.4) is 0 Å². The number of hydrogen-bond donors (Lipinski definition) is 2. The molecule has 0 fully saturated rings. The highest BCUT2D eigenvalue weighted by Gasteiger charge is 2.14. The molecular formula is C20H16Cl2N2O6. The van der Waals surface area contributed by atoms with E-state index in [0.29, 0.717) is 46.0 Å². The molecule has 0 atom stereocenters. The normalized spacial score (nSPS) is 12.3. The van der Waals surface area contributed by atoms with E-state index in [-0.39, 0.29) is 0 Å². The van der Waals surface area contributed by atoms with Gasteiger partial charge in [-0.3, -0.25) is 10.1 Å².